The van der Waals surface area contributed by atoms with Crippen LogP contribution in [0.4, 0.5) is 0 Å². The van der Waals surface area contributed by atoms with Gasteiger partial charge in [0.2, 0.25) is 0 Å². The fraction of sp³-hybridized carbons (Fsp3) is 0.182. The average Bonchev–Trinajstić information content (AvgIpc) is 2.67. The van der Waals surface area contributed by atoms with Crippen LogP contribution in [0, 0.1) is 6.92 Å². The molecule has 0 unspecified atom stereocenters. The predicted molar refractivity (Wildman–Crippen MR) is 56.2 cm³/mol. The van der Waals surface area contributed by atoms with Gasteiger partial charge in [-0.3, -0.25) is 0 Å². The molecule has 14 heavy (non-hydrogen) atoms. The summed E-state index contributed by atoms with van der Waals surface area (Å²) in [6.07, 6.45) is 0. The quantitative estimate of drug-likeness (QED) is 0.706. The number of aromatic nitrogens is 1. The van der Waals surface area contributed by atoms with Crippen molar-refractivity contribution in [2.24, 2.45) is 0 Å². The van der Waals surface area contributed by atoms with Gasteiger partial charge in [-0.2, -0.15) is 0 Å². The molecule has 0 amide bonds. The highest BCUT2D eigenvalue weighted by molar-refractivity contribution is 6.16. The first-order chi connectivity index (χ1) is 6.79. The normalized spacial score (nSPS) is 10.4. The van der Waals surface area contributed by atoms with Gasteiger partial charge in [0.05, 0.1) is 11.6 Å². The third kappa shape index (κ3) is 1.80. The Morgan fingerprint density at radius 2 is 2.00 bits per heavy atom. The van der Waals surface area contributed by atoms with Crippen LogP contribution in [0.3, 0.4) is 0 Å². The second-order valence-corrected chi connectivity index (χ2v) is 3.45. The van der Waals surface area contributed by atoms with Crippen molar-refractivity contribution in [2.75, 3.05) is 0 Å². The van der Waals surface area contributed by atoms with E-state index in [0.717, 1.165) is 17.0 Å². The number of nitrogens with zero attached hydrogens (tertiary/aromatic N) is 1. The van der Waals surface area contributed by atoms with Crippen molar-refractivity contribution in [1.29, 1.82) is 0 Å². The van der Waals surface area contributed by atoms with Crippen LogP contribution in [0.5, 0.6) is 0 Å². The second-order valence-electron chi connectivity index (χ2n) is 3.18. The molecule has 0 spiro atoms. The molecular weight excluding hydrogens is 198 g/mol. The first-order valence-corrected chi connectivity index (χ1v) is 4.91. The van der Waals surface area contributed by atoms with Crippen molar-refractivity contribution in [3.8, 4) is 11.3 Å². The molecule has 3 heteroatoms. The zero-order valence-electron chi connectivity index (χ0n) is 7.83. The number of benzene rings is 1. The summed E-state index contributed by atoms with van der Waals surface area (Å²) >= 11 is 5.63. The number of halogens is 1. The highest BCUT2D eigenvalue weighted by Gasteiger charge is 2.04. The van der Waals surface area contributed by atoms with Gasteiger partial charge in [-0.15, -0.1) is 11.6 Å². The summed E-state index contributed by atoms with van der Waals surface area (Å²) in [5, 5.41) is 3.83. The van der Waals surface area contributed by atoms with Crippen molar-refractivity contribution in [2.45, 2.75) is 12.8 Å². The topological polar surface area (TPSA) is 26.0 Å². The smallest absolute Gasteiger partial charge is 0.167 e. The van der Waals surface area contributed by atoms with Gasteiger partial charge in [0.1, 0.15) is 0 Å². The van der Waals surface area contributed by atoms with Crippen LogP contribution >= 0.6 is 11.6 Å². The number of rotatable bonds is 2. The summed E-state index contributed by atoms with van der Waals surface area (Å²) in [6, 6.07) is 9.95. The summed E-state index contributed by atoms with van der Waals surface area (Å²) in [6.45, 7) is 2.05. The Labute approximate surface area is 87.5 Å². The van der Waals surface area contributed by atoms with E-state index in [4.69, 9.17) is 16.1 Å². The lowest BCUT2D eigenvalue weighted by Gasteiger charge is -1.95. The monoisotopic (exact) mass is 207 g/mol. The molecule has 0 aliphatic rings. The number of hydrogen-bond donors (Lipinski definition) is 0. The lowest BCUT2D eigenvalue weighted by molar-refractivity contribution is 0.426. The van der Waals surface area contributed by atoms with Gasteiger partial charge in [-0.1, -0.05) is 35.0 Å². The van der Waals surface area contributed by atoms with Crippen LogP contribution in [0.15, 0.2) is 34.9 Å². The predicted octanol–water partition coefficient (Wildman–Crippen LogP) is 3.39. The van der Waals surface area contributed by atoms with Crippen LogP contribution in [0.1, 0.15) is 11.3 Å². The SMILES string of the molecule is Cc1ccc(-c2cc(CCl)no2)cc1. The standard InChI is InChI=1S/C11H10ClNO/c1-8-2-4-9(5-3-8)11-6-10(7-12)13-14-11/h2-6H,7H2,1H3. The molecule has 2 rings (SSSR count). The molecule has 0 atom stereocenters. The second kappa shape index (κ2) is 3.84. The molecule has 1 heterocycles. The maximum atomic E-state index is 5.63. The first-order valence-electron chi connectivity index (χ1n) is 4.38. The van der Waals surface area contributed by atoms with Crippen molar-refractivity contribution in [3.63, 3.8) is 0 Å². The molecule has 72 valence electrons. The van der Waals surface area contributed by atoms with Crippen LogP contribution < -0.4 is 0 Å². The van der Waals surface area contributed by atoms with Gasteiger partial charge < -0.3 is 4.52 Å². The van der Waals surface area contributed by atoms with Gasteiger partial charge in [0, 0.05) is 11.6 Å². The van der Waals surface area contributed by atoms with Crippen molar-refractivity contribution in [3.05, 3.63) is 41.6 Å². The Bertz CT molecular complexity index is 419. The van der Waals surface area contributed by atoms with E-state index >= 15 is 0 Å². The van der Waals surface area contributed by atoms with Gasteiger partial charge in [0.15, 0.2) is 5.76 Å². The molecule has 0 N–H and O–H groups in total. The average molecular weight is 208 g/mol. The Morgan fingerprint density at radius 1 is 1.29 bits per heavy atom. The van der Waals surface area contributed by atoms with E-state index in [0.29, 0.717) is 5.88 Å². The molecule has 1 aromatic carbocycles. The number of aryl methyl sites for hydroxylation is 1. The lowest BCUT2D eigenvalue weighted by Crippen LogP contribution is -1.74. The van der Waals surface area contributed by atoms with Gasteiger partial charge >= 0.3 is 0 Å². The number of alkyl halides is 1. The largest absolute Gasteiger partial charge is 0.356 e. The summed E-state index contributed by atoms with van der Waals surface area (Å²) in [5.41, 5.74) is 3.02. The molecule has 1 aromatic heterocycles. The molecule has 2 aromatic rings. The fourth-order valence-corrected chi connectivity index (χ4v) is 1.35. The fourth-order valence-electron chi connectivity index (χ4n) is 1.23. The number of hydrogen-bond acceptors (Lipinski definition) is 2. The van der Waals surface area contributed by atoms with Crippen molar-refractivity contribution >= 4 is 11.6 Å². The van der Waals surface area contributed by atoms with E-state index in [9.17, 15) is 0 Å². The molecule has 0 aliphatic carbocycles. The summed E-state index contributed by atoms with van der Waals surface area (Å²) in [7, 11) is 0. The van der Waals surface area contributed by atoms with Crippen LogP contribution in [0.25, 0.3) is 11.3 Å². The molecule has 0 saturated heterocycles. The zero-order valence-corrected chi connectivity index (χ0v) is 8.58. The molecular formula is C11H10ClNO. The van der Waals surface area contributed by atoms with Crippen LogP contribution in [-0.4, -0.2) is 5.16 Å². The zero-order chi connectivity index (χ0) is 9.97. The van der Waals surface area contributed by atoms with E-state index in [2.05, 4.69) is 5.16 Å². The lowest BCUT2D eigenvalue weighted by atomic mass is 10.1. The molecule has 2 nitrogen and oxygen atoms in total. The third-order valence-electron chi connectivity index (χ3n) is 2.03. The van der Waals surface area contributed by atoms with E-state index in [1.54, 1.807) is 0 Å². The highest BCUT2D eigenvalue weighted by atomic mass is 35.5. The van der Waals surface area contributed by atoms with Gasteiger partial charge in [-0.05, 0) is 6.92 Å². The summed E-state index contributed by atoms with van der Waals surface area (Å²) in [4.78, 5) is 0. The molecule has 0 fully saturated rings. The van der Waals surface area contributed by atoms with Crippen LogP contribution in [-0.2, 0) is 5.88 Å². The maximum absolute atomic E-state index is 5.63. The summed E-state index contributed by atoms with van der Waals surface area (Å²) < 4.78 is 5.15. The van der Waals surface area contributed by atoms with Crippen molar-refractivity contribution in [1.82, 2.24) is 5.16 Å². The van der Waals surface area contributed by atoms with Crippen molar-refractivity contribution < 1.29 is 4.52 Å². The Balaban J connectivity index is 2.34. The Morgan fingerprint density at radius 3 is 2.57 bits per heavy atom. The highest BCUT2D eigenvalue weighted by Crippen LogP contribution is 2.21. The van der Waals surface area contributed by atoms with E-state index in [1.807, 2.05) is 37.3 Å². The molecule has 0 radical (unpaired) electrons. The maximum Gasteiger partial charge on any atom is 0.167 e. The van der Waals surface area contributed by atoms with E-state index in [1.165, 1.54) is 5.56 Å². The van der Waals surface area contributed by atoms with Gasteiger partial charge in [0.25, 0.3) is 0 Å². The third-order valence-corrected chi connectivity index (χ3v) is 2.31. The molecule has 0 bridgehead atoms. The Hall–Kier alpha value is -1.28. The first kappa shape index (κ1) is 9.28. The van der Waals surface area contributed by atoms with E-state index in [-0.39, 0.29) is 0 Å². The molecule has 0 aliphatic heterocycles. The minimum absolute atomic E-state index is 0.384. The Kier molecular flexibility index (Phi) is 2.55. The molecule has 0 saturated carbocycles. The van der Waals surface area contributed by atoms with E-state index < -0.39 is 0 Å². The summed E-state index contributed by atoms with van der Waals surface area (Å²) in [5.74, 6) is 1.15. The minimum atomic E-state index is 0.384. The van der Waals surface area contributed by atoms with Crippen LogP contribution in [0.2, 0.25) is 0 Å². The van der Waals surface area contributed by atoms with Gasteiger partial charge in [-0.25, -0.2) is 0 Å². The minimum Gasteiger partial charge on any atom is -0.356 e.